The molecule has 0 aromatic heterocycles. The van der Waals surface area contributed by atoms with Gasteiger partial charge in [-0.2, -0.15) is 0 Å². The molecule has 10 heteroatoms. The van der Waals surface area contributed by atoms with E-state index in [0.717, 1.165) is 40.8 Å². The summed E-state index contributed by atoms with van der Waals surface area (Å²) in [6, 6.07) is 16.9. The molecular formula is C30H36FN3O5S. The molecule has 4 rings (SSSR count). The SMILES string of the molecule is COc1ccc(S(=O)(=O)N(CC(=O)NC(C)c2ccc(N3CCCC(C)C3)cc2)c2ccc(F)cc2)cc1OC. The van der Waals surface area contributed by atoms with Crippen molar-refractivity contribution in [3.05, 3.63) is 78.1 Å². The average Bonchev–Trinajstić information content (AvgIpc) is 2.96. The number of benzene rings is 3. The molecule has 1 aliphatic rings. The maximum absolute atomic E-state index is 13.7. The highest BCUT2D eigenvalue weighted by Gasteiger charge is 2.29. The Morgan fingerprint density at radius 1 is 1.05 bits per heavy atom. The molecule has 40 heavy (non-hydrogen) atoms. The summed E-state index contributed by atoms with van der Waals surface area (Å²) in [5.41, 5.74) is 2.20. The summed E-state index contributed by atoms with van der Waals surface area (Å²) in [5.74, 6) is 0.221. The van der Waals surface area contributed by atoms with Crippen LogP contribution >= 0.6 is 0 Å². The number of rotatable bonds is 10. The minimum atomic E-state index is -4.23. The molecule has 1 fully saturated rings. The molecular weight excluding hydrogens is 533 g/mol. The number of nitrogens with zero attached hydrogens (tertiary/aromatic N) is 2. The summed E-state index contributed by atoms with van der Waals surface area (Å²) in [5, 5.41) is 2.90. The third-order valence-electron chi connectivity index (χ3n) is 7.14. The van der Waals surface area contributed by atoms with Gasteiger partial charge in [0.15, 0.2) is 11.5 Å². The quantitative estimate of drug-likeness (QED) is 0.363. The van der Waals surface area contributed by atoms with E-state index in [1.807, 2.05) is 19.1 Å². The van der Waals surface area contributed by atoms with E-state index in [2.05, 4.69) is 29.3 Å². The van der Waals surface area contributed by atoms with Crippen LogP contribution in [0.1, 0.15) is 38.3 Å². The molecule has 3 aromatic rings. The van der Waals surface area contributed by atoms with E-state index in [9.17, 15) is 17.6 Å². The largest absolute Gasteiger partial charge is 0.493 e. The van der Waals surface area contributed by atoms with Gasteiger partial charge >= 0.3 is 0 Å². The zero-order valence-corrected chi connectivity index (χ0v) is 24.1. The number of anilines is 2. The number of carbonyl (C=O) groups excluding carboxylic acids is 1. The predicted octanol–water partition coefficient (Wildman–Crippen LogP) is 5.15. The fourth-order valence-corrected chi connectivity index (χ4v) is 6.36. The van der Waals surface area contributed by atoms with Crippen LogP contribution in [0.5, 0.6) is 11.5 Å². The number of carbonyl (C=O) groups is 1. The minimum Gasteiger partial charge on any atom is -0.493 e. The number of sulfonamides is 1. The second kappa shape index (κ2) is 12.6. The molecule has 0 radical (unpaired) electrons. The Morgan fingerprint density at radius 2 is 1.73 bits per heavy atom. The lowest BCUT2D eigenvalue weighted by Crippen LogP contribution is -2.41. The first-order valence-corrected chi connectivity index (χ1v) is 14.7. The fourth-order valence-electron chi connectivity index (χ4n) is 4.93. The first-order chi connectivity index (χ1) is 19.1. The van der Waals surface area contributed by atoms with Crippen LogP contribution < -0.4 is 24.0 Å². The van der Waals surface area contributed by atoms with Gasteiger partial charge in [0.2, 0.25) is 5.91 Å². The summed E-state index contributed by atoms with van der Waals surface area (Å²) in [6.07, 6.45) is 2.42. The normalized spacial score (nSPS) is 16.2. The van der Waals surface area contributed by atoms with Crippen molar-refractivity contribution in [1.29, 1.82) is 0 Å². The Balaban J connectivity index is 1.53. The Hall–Kier alpha value is -3.79. The number of halogens is 1. The van der Waals surface area contributed by atoms with Crippen LogP contribution in [0.4, 0.5) is 15.8 Å². The summed E-state index contributed by atoms with van der Waals surface area (Å²) in [4.78, 5) is 15.5. The lowest BCUT2D eigenvalue weighted by atomic mass is 9.99. The first kappa shape index (κ1) is 29.2. The van der Waals surface area contributed by atoms with Crippen LogP contribution in [-0.4, -0.2) is 48.2 Å². The number of ether oxygens (including phenoxy) is 2. The second-order valence-electron chi connectivity index (χ2n) is 10.1. The highest BCUT2D eigenvalue weighted by Crippen LogP contribution is 2.32. The standard InChI is InChI=1S/C30H36FN3O5S/c1-21-6-5-17-33(19-21)25-11-7-23(8-12-25)22(2)32-30(35)20-34(26-13-9-24(31)10-14-26)40(36,37)27-15-16-28(38-3)29(18-27)39-4/h7-16,18,21-22H,5-6,17,19-20H2,1-4H3,(H,32,35). The molecule has 2 atom stereocenters. The summed E-state index contributed by atoms with van der Waals surface area (Å²) >= 11 is 0. The zero-order valence-electron chi connectivity index (χ0n) is 23.3. The van der Waals surface area contributed by atoms with E-state index in [0.29, 0.717) is 11.7 Å². The number of hydrogen-bond donors (Lipinski definition) is 1. The van der Waals surface area contributed by atoms with E-state index in [4.69, 9.17) is 9.47 Å². The molecule has 214 valence electrons. The van der Waals surface area contributed by atoms with Crippen LogP contribution in [0.15, 0.2) is 71.6 Å². The predicted molar refractivity (Wildman–Crippen MR) is 154 cm³/mol. The van der Waals surface area contributed by atoms with Crippen molar-refractivity contribution < 1.29 is 27.1 Å². The molecule has 0 aliphatic carbocycles. The van der Waals surface area contributed by atoms with Gasteiger partial charge in [-0.15, -0.1) is 0 Å². The number of piperidine rings is 1. The Kier molecular flexibility index (Phi) is 9.19. The van der Waals surface area contributed by atoms with Gasteiger partial charge in [-0.3, -0.25) is 9.10 Å². The van der Waals surface area contributed by atoms with Crippen molar-refractivity contribution in [2.75, 3.05) is 43.1 Å². The van der Waals surface area contributed by atoms with Gasteiger partial charge < -0.3 is 19.7 Å². The fraction of sp³-hybridized carbons (Fsp3) is 0.367. The van der Waals surface area contributed by atoms with Gasteiger partial charge in [-0.25, -0.2) is 12.8 Å². The monoisotopic (exact) mass is 569 g/mol. The Morgan fingerprint density at radius 3 is 2.35 bits per heavy atom. The van der Waals surface area contributed by atoms with Gasteiger partial charge in [0.1, 0.15) is 12.4 Å². The molecule has 3 aromatic carbocycles. The van der Waals surface area contributed by atoms with Crippen LogP contribution in [-0.2, 0) is 14.8 Å². The van der Waals surface area contributed by atoms with Crippen molar-refractivity contribution in [2.45, 2.75) is 37.6 Å². The topological polar surface area (TPSA) is 88.2 Å². The van der Waals surface area contributed by atoms with E-state index < -0.39 is 28.3 Å². The van der Waals surface area contributed by atoms with Gasteiger partial charge in [0.25, 0.3) is 10.0 Å². The van der Waals surface area contributed by atoms with Crippen molar-refractivity contribution in [1.82, 2.24) is 5.32 Å². The molecule has 0 spiro atoms. The van der Waals surface area contributed by atoms with Crippen molar-refractivity contribution in [3.63, 3.8) is 0 Å². The molecule has 1 N–H and O–H groups in total. The third kappa shape index (κ3) is 6.67. The summed E-state index contributed by atoms with van der Waals surface area (Å²) < 4.78 is 52.6. The first-order valence-electron chi connectivity index (χ1n) is 13.3. The highest BCUT2D eigenvalue weighted by molar-refractivity contribution is 7.92. The van der Waals surface area contributed by atoms with Crippen molar-refractivity contribution in [2.24, 2.45) is 5.92 Å². The van der Waals surface area contributed by atoms with E-state index >= 15 is 0 Å². The van der Waals surface area contributed by atoms with E-state index in [1.165, 1.54) is 57.4 Å². The van der Waals surface area contributed by atoms with Crippen LogP contribution in [0.25, 0.3) is 0 Å². The highest BCUT2D eigenvalue weighted by atomic mass is 32.2. The maximum Gasteiger partial charge on any atom is 0.264 e. The third-order valence-corrected chi connectivity index (χ3v) is 8.91. The molecule has 0 saturated carbocycles. The van der Waals surface area contributed by atoms with Crippen LogP contribution in [0.2, 0.25) is 0 Å². The Labute approximate surface area is 235 Å². The number of nitrogens with one attached hydrogen (secondary N) is 1. The molecule has 1 saturated heterocycles. The number of amides is 1. The van der Waals surface area contributed by atoms with Gasteiger partial charge in [0, 0.05) is 24.8 Å². The Bertz CT molecular complexity index is 1410. The van der Waals surface area contributed by atoms with Crippen LogP contribution in [0, 0.1) is 11.7 Å². The average molecular weight is 570 g/mol. The summed E-state index contributed by atoms with van der Waals surface area (Å²) in [7, 11) is -1.38. The lowest BCUT2D eigenvalue weighted by molar-refractivity contribution is -0.120. The zero-order chi connectivity index (χ0) is 28.9. The maximum atomic E-state index is 13.7. The smallest absolute Gasteiger partial charge is 0.264 e. The molecule has 1 aliphatic heterocycles. The van der Waals surface area contributed by atoms with Gasteiger partial charge in [0.05, 0.1) is 30.8 Å². The minimum absolute atomic E-state index is 0.0991. The molecule has 1 amide bonds. The molecule has 8 nitrogen and oxygen atoms in total. The van der Waals surface area contributed by atoms with E-state index in [-0.39, 0.29) is 22.4 Å². The lowest BCUT2D eigenvalue weighted by Gasteiger charge is -2.33. The molecule has 0 bridgehead atoms. The van der Waals surface area contributed by atoms with Crippen LogP contribution in [0.3, 0.4) is 0 Å². The molecule has 2 unspecified atom stereocenters. The van der Waals surface area contributed by atoms with E-state index in [1.54, 1.807) is 0 Å². The second-order valence-corrected chi connectivity index (χ2v) is 11.9. The van der Waals surface area contributed by atoms with Gasteiger partial charge in [-0.05, 0) is 79.8 Å². The molecule has 1 heterocycles. The van der Waals surface area contributed by atoms with Gasteiger partial charge in [-0.1, -0.05) is 19.1 Å². The van der Waals surface area contributed by atoms with Crippen molar-refractivity contribution in [3.8, 4) is 11.5 Å². The number of methoxy groups -OCH3 is 2. The number of hydrogen-bond acceptors (Lipinski definition) is 6. The van der Waals surface area contributed by atoms with Crippen molar-refractivity contribution >= 4 is 27.3 Å². The summed E-state index contributed by atoms with van der Waals surface area (Å²) in [6.45, 7) is 5.67.